The zero-order chi connectivity index (χ0) is 9.35. The number of hydrogen-bond acceptors (Lipinski definition) is 2. The van der Waals surface area contributed by atoms with Gasteiger partial charge in [-0.3, -0.25) is 4.90 Å². The van der Waals surface area contributed by atoms with Crippen LogP contribution >= 0.6 is 0 Å². The van der Waals surface area contributed by atoms with Crippen LogP contribution in [0.3, 0.4) is 0 Å². The van der Waals surface area contributed by atoms with Gasteiger partial charge in [-0.25, -0.2) is 0 Å². The fourth-order valence-corrected chi connectivity index (χ4v) is 1.69. The van der Waals surface area contributed by atoms with E-state index in [4.69, 9.17) is 5.73 Å². The molecule has 0 bridgehead atoms. The first-order chi connectivity index (χ1) is 5.47. The molecule has 0 spiro atoms. The minimum absolute atomic E-state index is 0.338. The molecule has 2 heteroatoms. The summed E-state index contributed by atoms with van der Waals surface area (Å²) >= 11 is 0. The highest BCUT2D eigenvalue weighted by Gasteiger charge is 2.35. The second kappa shape index (κ2) is 3.35. The molecule has 0 amide bonds. The molecule has 1 rings (SSSR count). The van der Waals surface area contributed by atoms with Crippen LogP contribution < -0.4 is 5.73 Å². The Morgan fingerprint density at radius 3 is 2.25 bits per heavy atom. The Balaban J connectivity index is 2.42. The van der Waals surface area contributed by atoms with E-state index < -0.39 is 0 Å². The van der Waals surface area contributed by atoms with Gasteiger partial charge in [0.1, 0.15) is 0 Å². The zero-order valence-corrected chi connectivity index (χ0v) is 8.80. The van der Waals surface area contributed by atoms with E-state index in [0.29, 0.717) is 11.6 Å². The fourth-order valence-electron chi connectivity index (χ4n) is 1.69. The van der Waals surface area contributed by atoms with Gasteiger partial charge in [-0.2, -0.15) is 0 Å². The van der Waals surface area contributed by atoms with Gasteiger partial charge in [-0.05, 0) is 40.2 Å². The molecule has 0 heterocycles. The van der Waals surface area contributed by atoms with Crippen LogP contribution in [0, 0.1) is 0 Å². The largest absolute Gasteiger partial charge is 0.328 e. The number of nitrogens with two attached hydrogens (primary N) is 1. The Kier molecular flexibility index (Phi) is 2.79. The predicted molar refractivity (Wildman–Crippen MR) is 53.1 cm³/mol. The standard InChI is InChI=1S/C10H22N2/c1-5-10(2,3)12(4)9-6-8(11)7-9/h8-9H,5-7,11H2,1-4H3. The van der Waals surface area contributed by atoms with Gasteiger partial charge in [0.2, 0.25) is 0 Å². The van der Waals surface area contributed by atoms with Crippen molar-refractivity contribution in [1.29, 1.82) is 0 Å². The second-order valence-electron chi connectivity index (χ2n) is 4.66. The van der Waals surface area contributed by atoms with Crippen molar-refractivity contribution in [2.24, 2.45) is 5.73 Å². The van der Waals surface area contributed by atoms with Gasteiger partial charge in [-0.1, -0.05) is 6.92 Å². The van der Waals surface area contributed by atoms with Crippen molar-refractivity contribution in [2.45, 2.75) is 57.7 Å². The van der Waals surface area contributed by atoms with Gasteiger partial charge < -0.3 is 5.73 Å². The van der Waals surface area contributed by atoms with Crippen molar-refractivity contribution in [3.8, 4) is 0 Å². The summed E-state index contributed by atoms with van der Waals surface area (Å²) in [6.07, 6.45) is 3.56. The van der Waals surface area contributed by atoms with E-state index in [0.717, 1.165) is 6.04 Å². The van der Waals surface area contributed by atoms with Crippen LogP contribution in [-0.2, 0) is 0 Å². The van der Waals surface area contributed by atoms with Crippen LogP contribution in [0.2, 0.25) is 0 Å². The van der Waals surface area contributed by atoms with E-state index in [2.05, 4.69) is 32.7 Å². The van der Waals surface area contributed by atoms with E-state index in [1.54, 1.807) is 0 Å². The van der Waals surface area contributed by atoms with Crippen molar-refractivity contribution in [3.05, 3.63) is 0 Å². The lowest BCUT2D eigenvalue weighted by atomic mass is 9.83. The molecule has 2 N–H and O–H groups in total. The van der Waals surface area contributed by atoms with E-state index in [-0.39, 0.29) is 0 Å². The summed E-state index contributed by atoms with van der Waals surface area (Å²) < 4.78 is 0. The summed E-state index contributed by atoms with van der Waals surface area (Å²) in [5.41, 5.74) is 6.10. The summed E-state index contributed by atoms with van der Waals surface area (Å²) in [7, 11) is 2.22. The predicted octanol–water partition coefficient (Wildman–Crippen LogP) is 1.60. The SMILES string of the molecule is CCC(C)(C)N(C)C1CC(N)C1. The molecule has 0 aromatic heterocycles. The van der Waals surface area contributed by atoms with Gasteiger partial charge in [0.25, 0.3) is 0 Å². The van der Waals surface area contributed by atoms with Crippen LogP contribution in [-0.4, -0.2) is 29.6 Å². The molecule has 0 aliphatic heterocycles. The van der Waals surface area contributed by atoms with Gasteiger partial charge in [0.15, 0.2) is 0 Å². The molecule has 1 fully saturated rings. The van der Waals surface area contributed by atoms with Crippen LogP contribution in [0.25, 0.3) is 0 Å². The average Bonchev–Trinajstić information content (AvgIpc) is 1.97. The molecule has 12 heavy (non-hydrogen) atoms. The number of rotatable bonds is 3. The molecule has 0 radical (unpaired) electrons. The lowest BCUT2D eigenvalue weighted by Crippen LogP contribution is -2.55. The third-order valence-corrected chi connectivity index (χ3v) is 3.52. The minimum Gasteiger partial charge on any atom is -0.328 e. The highest BCUT2D eigenvalue weighted by molar-refractivity contribution is 4.93. The molecular weight excluding hydrogens is 148 g/mol. The van der Waals surface area contributed by atoms with E-state index in [9.17, 15) is 0 Å². The normalized spacial score (nSPS) is 30.5. The third kappa shape index (κ3) is 1.80. The van der Waals surface area contributed by atoms with Crippen LogP contribution in [0.4, 0.5) is 0 Å². The molecule has 0 atom stereocenters. The van der Waals surface area contributed by atoms with Crippen LogP contribution in [0.15, 0.2) is 0 Å². The maximum Gasteiger partial charge on any atom is 0.0150 e. The van der Waals surface area contributed by atoms with Crippen molar-refractivity contribution < 1.29 is 0 Å². The van der Waals surface area contributed by atoms with E-state index in [1.165, 1.54) is 19.3 Å². The Bertz CT molecular complexity index is 148. The zero-order valence-electron chi connectivity index (χ0n) is 8.80. The summed E-state index contributed by atoms with van der Waals surface area (Å²) in [6.45, 7) is 6.85. The van der Waals surface area contributed by atoms with E-state index in [1.807, 2.05) is 0 Å². The van der Waals surface area contributed by atoms with Crippen molar-refractivity contribution >= 4 is 0 Å². The molecule has 0 aromatic rings. The fraction of sp³-hybridized carbons (Fsp3) is 1.00. The lowest BCUT2D eigenvalue weighted by molar-refractivity contribution is 0.0438. The molecule has 0 saturated heterocycles. The Morgan fingerprint density at radius 1 is 1.42 bits per heavy atom. The Labute approximate surface area is 76.1 Å². The first kappa shape index (κ1) is 10.0. The highest BCUT2D eigenvalue weighted by Crippen LogP contribution is 2.29. The Morgan fingerprint density at radius 2 is 1.92 bits per heavy atom. The van der Waals surface area contributed by atoms with Crippen LogP contribution in [0.1, 0.15) is 40.0 Å². The van der Waals surface area contributed by atoms with Crippen molar-refractivity contribution in [3.63, 3.8) is 0 Å². The van der Waals surface area contributed by atoms with Gasteiger partial charge in [0.05, 0.1) is 0 Å². The molecule has 1 saturated carbocycles. The quantitative estimate of drug-likeness (QED) is 0.697. The molecular formula is C10H22N2. The average molecular weight is 170 g/mol. The van der Waals surface area contributed by atoms with Crippen molar-refractivity contribution in [2.75, 3.05) is 7.05 Å². The first-order valence-electron chi connectivity index (χ1n) is 4.96. The topological polar surface area (TPSA) is 29.3 Å². The lowest BCUT2D eigenvalue weighted by Gasteiger charge is -2.47. The van der Waals surface area contributed by atoms with Gasteiger partial charge in [0, 0.05) is 17.6 Å². The van der Waals surface area contributed by atoms with E-state index >= 15 is 0 Å². The minimum atomic E-state index is 0.338. The molecule has 0 aromatic carbocycles. The summed E-state index contributed by atoms with van der Waals surface area (Å²) in [5, 5.41) is 0. The molecule has 1 aliphatic carbocycles. The Hall–Kier alpha value is -0.0800. The second-order valence-corrected chi connectivity index (χ2v) is 4.66. The summed E-state index contributed by atoms with van der Waals surface area (Å²) in [6, 6.07) is 1.19. The molecule has 2 nitrogen and oxygen atoms in total. The monoisotopic (exact) mass is 170 g/mol. The van der Waals surface area contributed by atoms with Gasteiger partial charge >= 0.3 is 0 Å². The third-order valence-electron chi connectivity index (χ3n) is 3.52. The van der Waals surface area contributed by atoms with Crippen LogP contribution in [0.5, 0.6) is 0 Å². The smallest absolute Gasteiger partial charge is 0.0150 e. The van der Waals surface area contributed by atoms with Crippen molar-refractivity contribution in [1.82, 2.24) is 4.90 Å². The molecule has 72 valence electrons. The molecule has 1 aliphatic rings. The van der Waals surface area contributed by atoms with Gasteiger partial charge in [-0.15, -0.1) is 0 Å². The summed E-state index contributed by atoms with van der Waals surface area (Å²) in [5.74, 6) is 0. The highest BCUT2D eigenvalue weighted by atomic mass is 15.2. The number of hydrogen-bond donors (Lipinski definition) is 1. The molecule has 0 unspecified atom stereocenters. The maximum atomic E-state index is 5.76. The summed E-state index contributed by atoms with van der Waals surface area (Å²) in [4.78, 5) is 2.48. The maximum absolute atomic E-state index is 5.76. The number of nitrogens with zero attached hydrogens (tertiary/aromatic N) is 1. The first-order valence-corrected chi connectivity index (χ1v) is 4.96.